The number of nitrogens with one attached hydrogen (secondary N) is 4. The normalized spacial score (nSPS) is 11.8. The van der Waals surface area contributed by atoms with Crippen molar-refractivity contribution in [1.29, 1.82) is 0 Å². The molecular weight excluding hydrogens is 753 g/mol. The van der Waals surface area contributed by atoms with Crippen LogP contribution in [0.1, 0.15) is 50.2 Å². The Hall–Kier alpha value is -5.16. The third-order valence-electron chi connectivity index (χ3n) is 6.68. The molecule has 2 atom stereocenters. The summed E-state index contributed by atoms with van der Waals surface area (Å²) in [5, 5.41) is 5.25. The van der Waals surface area contributed by atoms with E-state index in [0.29, 0.717) is 32.4 Å². The number of esters is 2. The van der Waals surface area contributed by atoms with Crippen LogP contribution in [-0.2, 0) is 48.9 Å². The van der Waals surface area contributed by atoms with E-state index in [1.165, 1.54) is 31.2 Å². The van der Waals surface area contributed by atoms with Crippen LogP contribution in [0.5, 0.6) is 0 Å². The van der Waals surface area contributed by atoms with Crippen LogP contribution >= 0.6 is 0 Å². The molecule has 2 aromatic carbocycles. The molecule has 0 aliphatic heterocycles. The number of aryl methyl sites for hydroxylation is 2. The molecule has 0 aliphatic carbocycles. The lowest BCUT2D eigenvalue weighted by Crippen LogP contribution is -2.78. The van der Waals surface area contributed by atoms with Crippen molar-refractivity contribution in [2.45, 2.75) is 74.7 Å². The molecule has 0 saturated heterocycles. The molecule has 54 heavy (non-hydrogen) atoms. The minimum absolute atomic E-state index is 0.0242. The molecule has 0 fully saturated rings. The van der Waals surface area contributed by atoms with Crippen molar-refractivity contribution >= 4 is 55.8 Å². The molecule has 2 unspecified atom stereocenters. The highest BCUT2D eigenvalue weighted by Crippen LogP contribution is 2.09. The second-order valence-electron chi connectivity index (χ2n) is 11.5. The van der Waals surface area contributed by atoms with Gasteiger partial charge in [0.05, 0.1) is 29.3 Å². The average molecular weight is 803 g/mol. The monoisotopic (exact) mass is 802 g/mol. The highest BCUT2D eigenvalue weighted by Gasteiger charge is 2.24. The van der Waals surface area contributed by atoms with Gasteiger partial charge >= 0.3 is 23.9 Å². The Morgan fingerprint density at radius 2 is 1.07 bits per heavy atom. The maximum atomic E-state index is 12.4. The van der Waals surface area contributed by atoms with Crippen molar-refractivity contribution in [2.75, 3.05) is 26.9 Å². The SMILES string of the molecule is CNC(CCC[NH+]=C(N)N)C(=O)OCOC(=O)C(CCC[NH+]=C(N)N)NC(=O)CC(C)=O.Cc1ccc(S(=O)(=O)[O-])cc1.Cc1ccc(S(=O)(=O)[O-])cc1. The first-order valence-corrected chi connectivity index (χ1v) is 19.0. The summed E-state index contributed by atoms with van der Waals surface area (Å²) in [6, 6.07) is 9.91. The quantitative estimate of drug-likeness (QED) is 0.0133. The van der Waals surface area contributed by atoms with Crippen LogP contribution in [0.4, 0.5) is 0 Å². The molecule has 0 aromatic heterocycles. The Labute approximate surface area is 314 Å². The fraction of sp³-hybridized carbons (Fsp3) is 0.438. The van der Waals surface area contributed by atoms with Gasteiger partial charge in [-0.1, -0.05) is 35.4 Å². The van der Waals surface area contributed by atoms with Crippen molar-refractivity contribution in [2.24, 2.45) is 22.9 Å². The molecule has 302 valence electrons. The van der Waals surface area contributed by atoms with Gasteiger partial charge in [-0.15, -0.1) is 0 Å². The molecule has 1 amide bonds. The average Bonchev–Trinajstić information content (AvgIpc) is 3.05. The number of amides is 1. The smallest absolute Gasteiger partial charge is 0.338 e. The number of carbonyl (C=O) groups excluding carboxylic acids is 4. The number of benzene rings is 2. The molecule has 22 heteroatoms. The zero-order chi connectivity index (χ0) is 41.5. The topological polar surface area (TPSA) is 357 Å². The fourth-order valence-electron chi connectivity index (χ4n) is 3.93. The summed E-state index contributed by atoms with van der Waals surface area (Å²) in [4.78, 5) is 52.5. The summed E-state index contributed by atoms with van der Waals surface area (Å²) in [7, 11) is -6.95. The van der Waals surface area contributed by atoms with Gasteiger partial charge in [0.2, 0.25) is 12.7 Å². The van der Waals surface area contributed by atoms with Gasteiger partial charge < -0.3 is 29.2 Å². The molecule has 0 radical (unpaired) electrons. The van der Waals surface area contributed by atoms with Gasteiger partial charge in [0.15, 0.2) is 0 Å². The maximum Gasteiger partial charge on any atom is 0.338 e. The lowest BCUT2D eigenvalue weighted by atomic mass is 10.1. The van der Waals surface area contributed by atoms with Crippen LogP contribution in [0.15, 0.2) is 58.3 Å². The molecule has 0 spiro atoms. The molecule has 0 aliphatic rings. The van der Waals surface area contributed by atoms with E-state index < -0.39 is 57.0 Å². The zero-order valence-corrected chi connectivity index (χ0v) is 32.1. The van der Waals surface area contributed by atoms with Crippen LogP contribution < -0.4 is 43.6 Å². The van der Waals surface area contributed by atoms with E-state index in [1.54, 1.807) is 31.3 Å². The third-order valence-corrected chi connectivity index (χ3v) is 8.38. The van der Waals surface area contributed by atoms with Crippen molar-refractivity contribution in [3.05, 3.63) is 59.7 Å². The molecule has 2 rings (SSSR count). The number of Topliss-reactive ketones (excluding diaryl/α,β-unsaturated/α-hetero) is 1. The van der Waals surface area contributed by atoms with Gasteiger partial charge in [-0.05, 0) is 77.8 Å². The molecule has 20 nitrogen and oxygen atoms in total. The third kappa shape index (κ3) is 23.4. The predicted octanol–water partition coefficient (Wildman–Crippen LogP) is -4.85. The summed E-state index contributed by atoms with van der Waals surface area (Å²) < 4.78 is 72.3. The van der Waals surface area contributed by atoms with Crippen molar-refractivity contribution < 1.29 is 64.6 Å². The van der Waals surface area contributed by atoms with Crippen LogP contribution in [0.3, 0.4) is 0 Å². The van der Waals surface area contributed by atoms with E-state index in [4.69, 9.17) is 32.4 Å². The van der Waals surface area contributed by atoms with Crippen LogP contribution in [0, 0.1) is 13.8 Å². The highest BCUT2D eigenvalue weighted by molar-refractivity contribution is 7.86. The first-order chi connectivity index (χ1) is 25.1. The highest BCUT2D eigenvalue weighted by atomic mass is 32.2. The molecule has 0 heterocycles. The standard InChI is InChI=1S/C18H34N8O6.2C7H8O3S/c1-11(27)9-14(28)26-13(6-4-8-25-18(21)22)16(30)32-10-31-15(29)12(23-2)5-3-7-24-17(19)20;2*1-6-2-4-7(5-3-6)11(8,9)10/h12-13,23H,3-10H2,1-2H3,(H,26,28)(H4,19,20,24)(H4,21,22,25);2*2-5H,1H3,(H,8,9,10). The van der Waals surface area contributed by atoms with Gasteiger partial charge in [0.1, 0.15) is 38.1 Å². The maximum absolute atomic E-state index is 12.4. The molecule has 2 aromatic rings. The van der Waals surface area contributed by atoms with E-state index in [1.807, 2.05) is 13.8 Å². The Bertz CT molecular complexity index is 1700. The first-order valence-electron chi connectivity index (χ1n) is 16.1. The van der Waals surface area contributed by atoms with E-state index in [0.717, 1.165) is 11.1 Å². The van der Waals surface area contributed by atoms with Gasteiger partial charge in [0.25, 0.3) is 0 Å². The molecular formula is C32H50N8O12S2. The number of rotatable bonds is 18. The fourth-order valence-corrected chi connectivity index (χ4v) is 4.87. The van der Waals surface area contributed by atoms with E-state index in [2.05, 4.69) is 20.6 Å². The Kier molecular flexibility index (Phi) is 22.6. The summed E-state index contributed by atoms with van der Waals surface area (Å²) in [5.74, 6) is -2.27. The number of hydrogen-bond acceptors (Lipinski definition) is 13. The van der Waals surface area contributed by atoms with Crippen molar-refractivity contribution in [3.63, 3.8) is 0 Å². The lowest BCUT2D eigenvalue weighted by Gasteiger charge is -2.18. The number of nitrogens with two attached hydrogens (primary N) is 4. The van der Waals surface area contributed by atoms with Crippen LogP contribution in [0.2, 0.25) is 0 Å². The second kappa shape index (κ2) is 25.0. The van der Waals surface area contributed by atoms with E-state index >= 15 is 0 Å². The lowest BCUT2D eigenvalue weighted by molar-refractivity contribution is -0.460. The number of ether oxygens (including phenoxy) is 2. The van der Waals surface area contributed by atoms with E-state index in [9.17, 15) is 45.1 Å². The number of hydrogen-bond donors (Lipinski definition) is 8. The Morgan fingerprint density at radius 1 is 0.704 bits per heavy atom. The molecule has 12 N–H and O–H groups in total. The van der Waals surface area contributed by atoms with Gasteiger partial charge in [-0.25, -0.2) is 21.6 Å². The van der Waals surface area contributed by atoms with Crippen LogP contribution in [-0.4, -0.2) is 101 Å². The van der Waals surface area contributed by atoms with Gasteiger partial charge in [-0.3, -0.25) is 47.3 Å². The van der Waals surface area contributed by atoms with Crippen LogP contribution in [0.25, 0.3) is 0 Å². The van der Waals surface area contributed by atoms with Crippen molar-refractivity contribution in [3.8, 4) is 0 Å². The number of ketones is 1. The van der Waals surface area contributed by atoms with Crippen molar-refractivity contribution in [1.82, 2.24) is 10.6 Å². The van der Waals surface area contributed by atoms with Gasteiger partial charge in [-0.2, -0.15) is 0 Å². The Morgan fingerprint density at radius 3 is 1.41 bits per heavy atom. The Balaban J connectivity index is 0.00000102. The first kappa shape index (κ1) is 48.8. The number of guanidine groups is 2. The predicted molar refractivity (Wildman–Crippen MR) is 192 cm³/mol. The van der Waals surface area contributed by atoms with E-state index in [-0.39, 0.29) is 40.3 Å². The zero-order valence-electron chi connectivity index (χ0n) is 30.5. The summed E-state index contributed by atoms with van der Waals surface area (Å²) in [6.45, 7) is 5.11. The summed E-state index contributed by atoms with van der Waals surface area (Å²) in [6.07, 6.45) is 1.25. The number of likely N-dealkylation sites (N-methyl/N-ethyl adjacent to an activating group) is 1. The minimum atomic E-state index is -4.27. The summed E-state index contributed by atoms with van der Waals surface area (Å²) >= 11 is 0. The number of carbonyl (C=O) groups is 4. The summed E-state index contributed by atoms with van der Waals surface area (Å²) in [5.41, 5.74) is 23.0. The molecule has 0 saturated carbocycles. The largest absolute Gasteiger partial charge is 0.744 e. The molecule has 0 bridgehead atoms. The minimum Gasteiger partial charge on any atom is -0.744 e. The van der Waals surface area contributed by atoms with Gasteiger partial charge in [0, 0.05) is 0 Å². The second-order valence-corrected chi connectivity index (χ2v) is 14.2.